The van der Waals surface area contributed by atoms with E-state index >= 15 is 0 Å². The molecule has 25 heavy (non-hydrogen) atoms. The molecule has 0 saturated carbocycles. The molecule has 2 N–H and O–H groups in total. The van der Waals surface area contributed by atoms with Crippen LogP contribution in [0.3, 0.4) is 0 Å². The number of nitro groups is 1. The molecule has 0 saturated heterocycles. The zero-order valence-electron chi connectivity index (χ0n) is 13.2. The van der Waals surface area contributed by atoms with Gasteiger partial charge in [0.2, 0.25) is 5.95 Å². The molecule has 0 fully saturated rings. The Morgan fingerprint density at radius 3 is 2.56 bits per heavy atom. The van der Waals surface area contributed by atoms with Gasteiger partial charge in [-0.2, -0.15) is 0 Å². The number of nitrogens with one attached hydrogen (secondary N) is 1. The number of aliphatic carboxylic acids is 1. The molecule has 1 aromatic heterocycles. The third-order valence-corrected chi connectivity index (χ3v) is 3.65. The van der Waals surface area contributed by atoms with Crippen molar-refractivity contribution in [2.24, 2.45) is 0 Å². The number of hydrogen-bond donors (Lipinski definition) is 2. The summed E-state index contributed by atoms with van der Waals surface area (Å²) in [6.07, 6.45) is 0. The van der Waals surface area contributed by atoms with Crippen LogP contribution in [0.4, 0.5) is 11.6 Å². The number of rotatable bonds is 5. The van der Waals surface area contributed by atoms with Crippen LogP contribution in [-0.2, 0) is 4.79 Å². The molecule has 0 aliphatic rings. The fraction of sp³-hybridized carbons (Fsp3) is 0.118. The lowest BCUT2D eigenvalue weighted by atomic mass is 10.1. The van der Waals surface area contributed by atoms with Gasteiger partial charge < -0.3 is 10.4 Å². The lowest BCUT2D eigenvalue weighted by molar-refractivity contribution is -0.384. The summed E-state index contributed by atoms with van der Waals surface area (Å²) >= 11 is 0. The van der Waals surface area contributed by atoms with E-state index in [4.69, 9.17) is 5.11 Å². The van der Waals surface area contributed by atoms with Crippen LogP contribution in [0.15, 0.2) is 48.5 Å². The Bertz CT molecular complexity index is 960. The fourth-order valence-electron chi connectivity index (χ4n) is 2.37. The molecule has 3 rings (SSSR count). The predicted molar refractivity (Wildman–Crippen MR) is 92.3 cm³/mol. The number of carboxylic acid groups (broad SMARTS) is 1. The van der Waals surface area contributed by atoms with Crippen molar-refractivity contribution in [3.8, 4) is 11.3 Å². The maximum absolute atomic E-state index is 11.1. The Labute approximate surface area is 142 Å². The molecule has 1 heterocycles. The molecule has 1 atom stereocenters. The van der Waals surface area contributed by atoms with Crippen molar-refractivity contribution in [2.75, 3.05) is 5.32 Å². The van der Waals surface area contributed by atoms with Crippen LogP contribution >= 0.6 is 0 Å². The van der Waals surface area contributed by atoms with Gasteiger partial charge in [0.05, 0.1) is 16.1 Å². The number of nitro benzene ring substituents is 1. The summed E-state index contributed by atoms with van der Waals surface area (Å²) in [5, 5.41) is 23.4. The molecule has 126 valence electrons. The van der Waals surface area contributed by atoms with Gasteiger partial charge in [-0.05, 0) is 13.0 Å². The highest BCUT2D eigenvalue weighted by atomic mass is 16.6. The third-order valence-electron chi connectivity index (χ3n) is 3.65. The van der Waals surface area contributed by atoms with E-state index in [9.17, 15) is 14.9 Å². The van der Waals surface area contributed by atoms with Gasteiger partial charge in [0, 0.05) is 23.1 Å². The number of benzene rings is 2. The number of carbonyl (C=O) groups is 1. The van der Waals surface area contributed by atoms with Gasteiger partial charge in [-0.1, -0.05) is 30.3 Å². The average Bonchev–Trinajstić information content (AvgIpc) is 2.61. The number of non-ortho nitro benzene ring substituents is 1. The molecule has 8 nitrogen and oxygen atoms in total. The van der Waals surface area contributed by atoms with Crippen molar-refractivity contribution in [3.05, 3.63) is 58.6 Å². The zero-order valence-corrected chi connectivity index (χ0v) is 13.2. The lowest BCUT2D eigenvalue weighted by Crippen LogP contribution is -2.26. The smallest absolute Gasteiger partial charge is 0.325 e. The Morgan fingerprint density at radius 1 is 1.20 bits per heavy atom. The van der Waals surface area contributed by atoms with Crippen molar-refractivity contribution >= 4 is 28.5 Å². The second-order valence-corrected chi connectivity index (χ2v) is 5.42. The molecule has 3 aromatic rings. The maximum atomic E-state index is 11.1. The SMILES string of the molecule is C[C@H](Nc1nc(-c2ccccc2)c2cc([N+](=O)[O-])ccc2n1)C(=O)O. The summed E-state index contributed by atoms with van der Waals surface area (Å²) in [6, 6.07) is 12.6. The zero-order chi connectivity index (χ0) is 18.0. The Balaban J connectivity index is 2.21. The second-order valence-electron chi connectivity index (χ2n) is 5.42. The van der Waals surface area contributed by atoms with Crippen molar-refractivity contribution in [2.45, 2.75) is 13.0 Å². The molecule has 0 bridgehead atoms. The minimum Gasteiger partial charge on any atom is -0.480 e. The molecule has 0 spiro atoms. The Hall–Kier alpha value is -3.55. The standard InChI is InChI=1S/C17H14N4O4/c1-10(16(22)23)18-17-19-14-8-7-12(21(24)25)9-13(14)15(20-17)11-5-3-2-4-6-11/h2-10H,1H3,(H,22,23)(H,18,19,20)/t10-/m0/s1. The highest BCUT2D eigenvalue weighted by Gasteiger charge is 2.17. The highest BCUT2D eigenvalue weighted by molar-refractivity contribution is 5.94. The van der Waals surface area contributed by atoms with E-state index in [1.165, 1.54) is 25.1 Å². The molecule has 0 amide bonds. The first-order valence-corrected chi connectivity index (χ1v) is 7.46. The summed E-state index contributed by atoms with van der Waals surface area (Å²) in [5.74, 6) is -0.885. The molecule has 2 aromatic carbocycles. The van der Waals surface area contributed by atoms with Gasteiger partial charge in [-0.3, -0.25) is 14.9 Å². The van der Waals surface area contributed by atoms with Crippen LogP contribution in [0.5, 0.6) is 0 Å². The number of anilines is 1. The molecule has 0 aliphatic carbocycles. The first-order valence-electron chi connectivity index (χ1n) is 7.46. The topological polar surface area (TPSA) is 118 Å². The summed E-state index contributed by atoms with van der Waals surface area (Å²) in [7, 11) is 0. The van der Waals surface area contributed by atoms with Crippen LogP contribution in [0.25, 0.3) is 22.2 Å². The van der Waals surface area contributed by atoms with Crippen LogP contribution in [0.1, 0.15) is 6.92 Å². The van der Waals surface area contributed by atoms with Crippen molar-refractivity contribution in [1.82, 2.24) is 9.97 Å². The van der Waals surface area contributed by atoms with Gasteiger partial charge >= 0.3 is 5.97 Å². The number of aromatic nitrogens is 2. The largest absolute Gasteiger partial charge is 0.480 e. The van der Waals surface area contributed by atoms with Crippen LogP contribution in [0.2, 0.25) is 0 Å². The second kappa shape index (κ2) is 6.52. The van der Waals surface area contributed by atoms with Gasteiger partial charge in [0.15, 0.2) is 0 Å². The van der Waals surface area contributed by atoms with Gasteiger partial charge in [0.25, 0.3) is 5.69 Å². The van der Waals surface area contributed by atoms with Crippen LogP contribution in [0, 0.1) is 10.1 Å². The van der Waals surface area contributed by atoms with E-state index in [2.05, 4.69) is 15.3 Å². The first-order chi connectivity index (χ1) is 12.0. The minimum absolute atomic E-state index is 0.0621. The van der Waals surface area contributed by atoms with E-state index in [-0.39, 0.29) is 11.6 Å². The predicted octanol–water partition coefficient (Wildman–Crippen LogP) is 3.09. The Kier molecular flexibility index (Phi) is 4.25. The molecular formula is C17H14N4O4. The van der Waals surface area contributed by atoms with Crippen LogP contribution in [-0.4, -0.2) is 32.0 Å². The molecule has 8 heteroatoms. The first kappa shape index (κ1) is 16.3. The quantitative estimate of drug-likeness (QED) is 0.542. The minimum atomic E-state index is -1.03. The van der Waals surface area contributed by atoms with Gasteiger partial charge in [-0.25, -0.2) is 9.97 Å². The summed E-state index contributed by atoms with van der Waals surface area (Å²) < 4.78 is 0. The van der Waals surface area contributed by atoms with Crippen LogP contribution < -0.4 is 5.32 Å². The number of hydrogen-bond acceptors (Lipinski definition) is 6. The van der Waals surface area contributed by atoms with E-state index < -0.39 is 16.9 Å². The molecule has 0 aliphatic heterocycles. The van der Waals surface area contributed by atoms with E-state index in [0.717, 1.165) is 5.56 Å². The number of nitrogens with zero attached hydrogens (tertiary/aromatic N) is 3. The van der Waals surface area contributed by atoms with Gasteiger partial charge in [-0.15, -0.1) is 0 Å². The van der Waals surface area contributed by atoms with Gasteiger partial charge in [0.1, 0.15) is 6.04 Å². The third kappa shape index (κ3) is 3.37. The Morgan fingerprint density at radius 2 is 1.92 bits per heavy atom. The summed E-state index contributed by atoms with van der Waals surface area (Å²) in [6.45, 7) is 1.48. The highest BCUT2D eigenvalue weighted by Crippen LogP contribution is 2.30. The normalized spacial score (nSPS) is 11.9. The summed E-state index contributed by atoms with van der Waals surface area (Å²) in [5.41, 5.74) is 1.67. The summed E-state index contributed by atoms with van der Waals surface area (Å²) in [4.78, 5) is 30.3. The number of fused-ring (bicyclic) bond motifs is 1. The van der Waals surface area contributed by atoms with Crippen molar-refractivity contribution in [3.63, 3.8) is 0 Å². The van der Waals surface area contributed by atoms with E-state index in [1.54, 1.807) is 0 Å². The lowest BCUT2D eigenvalue weighted by Gasteiger charge is -2.12. The van der Waals surface area contributed by atoms with Crippen molar-refractivity contribution < 1.29 is 14.8 Å². The molecule has 0 unspecified atom stereocenters. The van der Waals surface area contributed by atoms with E-state index in [1.807, 2.05) is 30.3 Å². The molecule has 0 radical (unpaired) electrons. The number of carboxylic acids is 1. The van der Waals surface area contributed by atoms with Crippen molar-refractivity contribution in [1.29, 1.82) is 0 Å². The maximum Gasteiger partial charge on any atom is 0.325 e. The monoisotopic (exact) mass is 338 g/mol. The molecular weight excluding hydrogens is 324 g/mol. The average molecular weight is 338 g/mol. The van der Waals surface area contributed by atoms with E-state index in [0.29, 0.717) is 16.6 Å². The fourth-order valence-corrected chi connectivity index (χ4v) is 2.37.